The van der Waals surface area contributed by atoms with E-state index in [4.69, 9.17) is 10.5 Å². The third-order valence-electron chi connectivity index (χ3n) is 3.84. The molecule has 1 aromatic carbocycles. The molecule has 0 unspecified atom stereocenters. The molecule has 0 saturated heterocycles. The average molecular weight is 356 g/mol. The van der Waals surface area contributed by atoms with Gasteiger partial charge in [-0.05, 0) is 36.2 Å². The first-order valence-corrected chi connectivity index (χ1v) is 8.88. The molecule has 0 spiro atoms. The molecule has 2 N–H and O–H groups in total. The molecule has 0 bridgehead atoms. The van der Waals surface area contributed by atoms with Crippen LogP contribution in [-0.4, -0.2) is 41.5 Å². The van der Waals surface area contributed by atoms with Crippen LogP contribution in [0.25, 0.3) is 0 Å². The number of aromatic nitrogens is 1. The number of ether oxygens (including phenoxy) is 1. The molecular formula is C18H20N4O2S. The van der Waals surface area contributed by atoms with E-state index in [2.05, 4.69) is 9.98 Å². The van der Waals surface area contributed by atoms with Gasteiger partial charge in [0.25, 0.3) is 5.91 Å². The highest BCUT2D eigenvalue weighted by atomic mass is 32.2. The van der Waals surface area contributed by atoms with Gasteiger partial charge in [0, 0.05) is 13.2 Å². The average Bonchev–Trinajstić information content (AvgIpc) is 2.94. The standard InChI is InChI=1S/C18H20N4O2S/c1-22(16-4-2-3-9-20-16)10-11-24-14-7-5-13(6-8-14)12-15-17(23)21-18(19)25-15/h2-9,15H,10-12H2,1H3,(H2,19,21,23)/t15-/m0/s1. The first-order valence-electron chi connectivity index (χ1n) is 8.00. The summed E-state index contributed by atoms with van der Waals surface area (Å²) in [6, 6.07) is 13.6. The number of amides is 1. The van der Waals surface area contributed by atoms with E-state index in [1.807, 2.05) is 54.4 Å². The quantitative estimate of drug-likeness (QED) is 0.818. The van der Waals surface area contributed by atoms with Crippen LogP contribution in [0.1, 0.15) is 5.56 Å². The number of aliphatic imine (C=N–C) groups is 1. The zero-order valence-electron chi connectivity index (χ0n) is 14.0. The van der Waals surface area contributed by atoms with E-state index >= 15 is 0 Å². The highest BCUT2D eigenvalue weighted by Gasteiger charge is 2.26. The predicted octanol–water partition coefficient (Wildman–Crippen LogP) is 2.10. The van der Waals surface area contributed by atoms with E-state index in [1.54, 1.807) is 6.20 Å². The summed E-state index contributed by atoms with van der Waals surface area (Å²) in [7, 11) is 1.98. The molecule has 1 aromatic heterocycles. The van der Waals surface area contributed by atoms with Gasteiger partial charge in [-0.2, -0.15) is 4.99 Å². The van der Waals surface area contributed by atoms with Gasteiger partial charge in [-0.25, -0.2) is 4.98 Å². The number of anilines is 1. The lowest BCUT2D eigenvalue weighted by atomic mass is 10.1. The summed E-state index contributed by atoms with van der Waals surface area (Å²) in [6.45, 7) is 1.30. The summed E-state index contributed by atoms with van der Waals surface area (Å²) in [4.78, 5) is 21.7. The van der Waals surface area contributed by atoms with Crippen molar-refractivity contribution in [3.63, 3.8) is 0 Å². The Morgan fingerprint density at radius 3 is 2.68 bits per heavy atom. The normalized spacial score (nSPS) is 16.6. The molecule has 3 rings (SSSR count). The van der Waals surface area contributed by atoms with Gasteiger partial charge in [0.15, 0.2) is 5.17 Å². The van der Waals surface area contributed by atoms with Gasteiger partial charge in [0.2, 0.25) is 0 Å². The number of hydrogen-bond acceptors (Lipinski definition) is 6. The lowest BCUT2D eigenvalue weighted by Crippen LogP contribution is -2.24. The van der Waals surface area contributed by atoms with Crippen molar-refractivity contribution in [1.82, 2.24) is 4.98 Å². The Balaban J connectivity index is 1.46. The zero-order valence-corrected chi connectivity index (χ0v) is 14.8. The predicted molar refractivity (Wildman–Crippen MR) is 101 cm³/mol. The maximum absolute atomic E-state index is 11.7. The lowest BCUT2D eigenvalue weighted by Gasteiger charge is -2.18. The summed E-state index contributed by atoms with van der Waals surface area (Å²) in [5.74, 6) is 1.57. The van der Waals surface area contributed by atoms with Gasteiger partial charge in [0.1, 0.15) is 18.2 Å². The Bertz CT molecular complexity index is 749. The Morgan fingerprint density at radius 1 is 1.24 bits per heavy atom. The van der Waals surface area contributed by atoms with Gasteiger partial charge in [0.05, 0.1) is 11.8 Å². The van der Waals surface area contributed by atoms with E-state index in [9.17, 15) is 4.79 Å². The minimum atomic E-state index is -0.209. The fourth-order valence-corrected chi connectivity index (χ4v) is 3.33. The molecule has 2 heterocycles. The van der Waals surface area contributed by atoms with Crippen molar-refractivity contribution < 1.29 is 9.53 Å². The number of likely N-dealkylation sites (N-methyl/N-ethyl adjacent to an activating group) is 1. The number of nitrogens with zero attached hydrogens (tertiary/aromatic N) is 3. The summed E-state index contributed by atoms with van der Waals surface area (Å²) < 4.78 is 5.78. The van der Waals surface area contributed by atoms with Crippen molar-refractivity contribution in [2.45, 2.75) is 11.7 Å². The zero-order chi connectivity index (χ0) is 17.6. The number of hydrogen-bond donors (Lipinski definition) is 1. The van der Waals surface area contributed by atoms with Crippen molar-refractivity contribution in [3.05, 3.63) is 54.2 Å². The molecule has 0 radical (unpaired) electrons. The molecule has 1 amide bonds. The maximum atomic E-state index is 11.7. The van der Waals surface area contributed by atoms with E-state index in [-0.39, 0.29) is 11.2 Å². The van der Waals surface area contributed by atoms with E-state index < -0.39 is 0 Å². The van der Waals surface area contributed by atoms with Gasteiger partial charge < -0.3 is 15.4 Å². The summed E-state index contributed by atoms with van der Waals surface area (Å²) in [5.41, 5.74) is 6.64. The van der Waals surface area contributed by atoms with E-state index in [1.165, 1.54) is 11.8 Å². The monoisotopic (exact) mass is 356 g/mol. The lowest BCUT2D eigenvalue weighted by molar-refractivity contribution is -0.117. The molecule has 25 heavy (non-hydrogen) atoms. The first kappa shape index (κ1) is 17.3. The van der Waals surface area contributed by atoms with Crippen LogP contribution in [-0.2, 0) is 11.2 Å². The fourth-order valence-electron chi connectivity index (χ4n) is 2.46. The second-order valence-electron chi connectivity index (χ2n) is 5.70. The molecule has 1 aliphatic heterocycles. The van der Waals surface area contributed by atoms with Crippen molar-refractivity contribution in [1.29, 1.82) is 0 Å². The summed E-state index contributed by atoms with van der Waals surface area (Å²) >= 11 is 1.32. The minimum absolute atomic E-state index is 0.152. The van der Waals surface area contributed by atoms with Crippen LogP contribution in [0.15, 0.2) is 53.7 Å². The SMILES string of the molecule is CN(CCOc1ccc(C[C@@H]2SC(N)=NC2=O)cc1)c1ccccn1. The minimum Gasteiger partial charge on any atom is -0.492 e. The molecule has 6 nitrogen and oxygen atoms in total. The molecule has 0 saturated carbocycles. The fraction of sp³-hybridized carbons (Fsp3) is 0.278. The van der Waals surface area contributed by atoms with Gasteiger partial charge in [-0.1, -0.05) is 30.0 Å². The highest BCUT2D eigenvalue weighted by Crippen LogP contribution is 2.24. The number of thioether (sulfide) groups is 1. The number of pyridine rings is 1. The van der Waals surface area contributed by atoms with Crippen LogP contribution < -0.4 is 15.4 Å². The number of carbonyl (C=O) groups is 1. The van der Waals surface area contributed by atoms with Gasteiger partial charge >= 0.3 is 0 Å². The molecule has 7 heteroatoms. The first-order chi connectivity index (χ1) is 12.1. The highest BCUT2D eigenvalue weighted by molar-refractivity contribution is 8.15. The number of benzene rings is 1. The van der Waals surface area contributed by atoms with Crippen LogP contribution in [0.4, 0.5) is 5.82 Å². The van der Waals surface area contributed by atoms with E-state index in [0.717, 1.165) is 23.7 Å². The van der Waals surface area contributed by atoms with Crippen LogP contribution in [0.5, 0.6) is 5.75 Å². The summed E-state index contributed by atoms with van der Waals surface area (Å²) in [6.07, 6.45) is 2.40. The summed E-state index contributed by atoms with van der Waals surface area (Å²) in [5, 5.41) is 0.144. The molecule has 2 aromatic rings. The largest absolute Gasteiger partial charge is 0.492 e. The molecule has 1 atom stereocenters. The van der Waals surface area contributed by atoms with E-state index in [0.29, 0.717) is 18.2 Å². The van der Waals surface area contributed by atoms with Crippen molar-refractivity contribution in [3.8, 4) is 5.75 Å². The van der Waals surface area contributed by atoms with Gasteiger partial charge in [-0.3, -0.25) is 4.79 Å². The van der Waals surface area contributed by atoms with Crippen LogP contribution in [0.2, 0.25) is 0 Å². The third-order valence-corrected chi connectivity index (χ3v) is 4.82. The third kappa shape index (κ3) is 4.73. The number of rotatable bonds is 7. The van der Waals surface area contributed by atoms with Crippen molar-refractivity contribution >= 4 is 28.7 Å². The smallest absolute Gasteiger partial charge is 0.261 e. The second kappa shape index (κ2) is 8.02. The molecule has 1 aliphatic rings. The molecule has 0 fully saturated rings. The second-order valence-corrected chi connectivity index (χ2v) is 6.92. The molecule has 130 valence electrons. The Labute approximate surface area is 151 Å². The molecule has 0 aliphatic carbocycles. The number of nitrogens with two attached hydrogens (primary N) is 1. The number of amidine groups is 1. The maximum Gasteiger partial charge on any atom is 0.261 e. The van der Waals surface area contributed by atoms with Crippen LogP contribution >= 0.6 is 11.8 Å². The Morgan fingerprint density at radius 2 is 2.04 bits per heavy atom. The van der Waals surface area contributed by atoms with Crippen LogP contribution in [0, 0.1) is 0 Å². The van der Waals surface area contributed by atoms with Crippen molar-refractivity contribution in [2.24, 2.45) is 10.7 Å². The molecular weight excluding hydrogens is 336 g/mol. The number of carbonyl (C=O) groups excluding carboxylic acids is 1. The van der Waals surface area contributed by atoms with Crippen LogP contribution in [0.3, 0.4) is 0 Å². The van der Waals surface area contributed by atoms with Gasteiger partial charge in [-0.15, -0.1) is 0 Å². The van der Waals surface area contributed by atoms with Crippen molar-refractivity contribution in [2.75, 3.05) is 25.1 Å². The topological polar surface area (TPSA) is 80.8 Å². The Kier molecular flexibility index (Phi) is 5.55. The Hall–Kier alpha value is -2.54.